The number of guanidine groups is 1. The van der Waals surface area contributed by atoms with Gasteiger partial charge >= 0.3 is 0 Å². The third-order valence-corrected chi connectivity index (χ3v) is 5.48. The molecule has 3 rings (SSSR count). The number of nitrogens with one attached hydrogen (secondary N) is 2. The maximum Gasteiger partial charge on any atom is 0.191 e. The molecule has 1 saturated heterocycles. The Labute approximate surface area is 196 Å². The Morgan fingerprint density at radius 2 is 1.55 bits per heavy atom. The molecule has 1 aliphatic heterocycles. The molecule has 2 N–H and O–H groups in total. The highest BCUT2D eigenvalue weighted by Crippen LogP contribution is 2.14. The quantitative estimate of drug-likeness (QED) is 0.342. The molecule has 0 unspecified atom stereocenters. The molecule has 1 aliphatic rings. The van der Waals surface area contributed by atoms with Gasteiger partial charge in [-0.05, 0) is 29.8 Å². The second-order valence-corrected chi connectivity index (χ2v) is 7.67. The highest BCUT2D eigenvalue weighted by molar-refractivity contribution is 14.0. The SMILES string of the molecule is CN=C(NCc1ccc(CN2CCN(C)CC2)cc1)NCc1ccccc1Cl.I. The molecule has 0 saturated carbocycles. The van der Waals surface area contributed by atoms with Crippen molar-refractivity contribution in [2.75, 3.05) is 40.3 Å². The number of likely N-dealkylation sites (N-methyl/N-ethyl adjacent to an activating group) is 1. The summed E-state index contributed by atoms with van der Waals surface area (Å²) in [7, 11) is 3.97. The van der Waals surface area contributed by atoms with Gasteiger partial charge in [-0.1, -0.05) is 54.1 Å². The molecule has 158 valence electrons. The van der Waals surface area contributed by atoms with Gasteiger partial charge in [-0.2, -0.15) is 0 Å². The summed E-state index contributed by atoms with van der Waals surface area (Å²) in [5.74, 6) is 0.765. The lowest BCUT2D eigenvalue weighted by Crippen LogP contribution is -2.43. The summed E-state index contributed by atoms with van der Waals surface area (Å²) >= 11 is 6.21. The van der Waals surface area contributed by atoms with Crippen LogP contribution in [-0.2, 0) is 19.6 Å². The zero-order chi connectivity index (χ0) is 19.8. The van der Waals surface area contributed by atoms with Crippen LogP contribution in [0.25, 0.3) is 0 Å². The van der Waals surface area contributed by atoms with E-state index in [1.54, 1.807) is 7.05 Å². The number of hydrogen-bond donors (Lipinski definition) is 2. The highest BCUT2D eigenvalue weighted by atomic mass is 127. The lowest BCUT2D eigenvalue weighted by atomic mass is 10.1. The van der Waals surface area contributed by atoms with Crippen molar-refractivity contribution in [1.29, 1.82) is 0 Å². The van der Waals surface area contributed by atoms with E-state index in [4.69, 9.17) is 11.6 Å². The predicted octanol–water partition coefficient (Wildman–Crippen LogP) is 3.57. The lowest BCUT2D eigenvalue weighted by Gasteiger charge is -2.32. The zero-order valence-electron chi connectivity index (χ0n) is 17.2. The molecule has 0 aliphatic carbocycles. The molecule has 2 aromatic rings. The third kappa shape index (κ3) is 7.77. The van der Waals surface area contributed by atoms with Crippen LogP contribution in [0.4, 0.5) is 0 Å². The summed E-state index contributed by atoms with van der Waals surface area (Å²) in [5, 5.41) is 7.44. The minimum Gasteiger partial charge on any atom is -0.352 e. The monoisotopic (exact) mass is 527 g/mol. The molecule has 1 fully saturated rings. The Morgan fingerprint density at radius 3 is 2.21 bits per heavy atom. The summed E-state index contributed by atoms with van der Waals surface area (Å²) in [6.07, 6.45) is 0. The van der Waals surface area contributed by atoms with Crippen LogP contribution in [0.15, 0.2) is 53.5 Å². The van der Waals surface area contributed by atoms with E-state index in [1.165, 1.54) is 11.1 Å². The van der Waals surface area contributed by atoms with Crippen molar-refractivity contribution in [3.63, 3.8) is 0 Å². The maximum absolute atomic E-state index is 6.21. The molecule has 2 aromatic carbocycles. The van der Waals surface area contributed by atoms with Crippen LogP contribution < -0.4 is 10.6 Å². The second-order valence-electron chi connectivity index (χ2n) is 7.27. The molecular weight excluding hydrogens is 497 g/mol. The first kappa shape index (κ1) is 23.9. The molecule has 1 heterocycles. The second kappa shape index (κ2) is 12.4. The molecule has 29 heavy (non-hydrogen) atoms. The van der Waals surface area contributed by atoms with Crippen molar-refractivity contribution in [2.24, 2.45) is 4.99 Å². The van der Waals surface area contributed by atoms with Gasteiger partial charge in [0.1, 0.15) is 0 Å². The minimum atomic E-state index is 0. The molecule has 5 nitrogen and oxygen atoms in total. The Morgan fingerprint density at radius 1 is 0.931 bits per heavy atom. The molecular formula is C22H31ClIN5. The van der Waals surface area contributed by atoms with E-state index in [-0.39, 0.29) is 24.0 Å². The van der Waals surface area contributed by atoms with Crippen LogP contribution in [0.2, 0.25) is 5.02 Å². The number of benzene rings is 2. The highest BCUT2D eigenvalue weighted by Gasteiger charge is 2.13. The summed E-state index contributed by atoms with van der Waals surface area (Å²) < 4.78 is 0. The van der Waals surface area contributed by atoms with E-state index >= 15 is 0 Å². The van der Waals surface area contributed by atoms with Gasteiger partial charge in [-0.25, -0.2) is 0 Å². The number of halogens is 2. The van der Waals surface area contributed by atoms with Crippen molar-refractivity contribution in [2.45, 2.75) is 19.6 Å². The largest absolute Gasteiger partial charge is 0.352 e. The van der Waals surface area contributed by atoms with E-state index in [9.17, 15) is 0 Å². The van der Waals surface area contributed by atoms with E-state index in [0.717, 1.165) is 55.8 Å². The average Bonchev–Trinajstić information content (AvgIpc) is 2.72. The number of nitrogens with zero attached hydrogens (tertiary/aromatic N) is 3. The maximum atomic E-state index is 6.21. The van der Waals surface area contributed by atoms with Crippen molar-refractivity contribution in [1.82, 2.24) is 20.4 Å². The normalized spacial score (nSPS) is 15.6. The molecule has 7 heteroatoms. The first-order valence-corrected chi connectivity index (χ1v) is 10.2. The zero-order valence-corrected chi connectivity index (χ0v) is 20.3. The van der Waals surface area contributed by atoms with Crippen LogP contribution in [0.3, 0.4) is 0 Å². The van der Waals surface area contributed by atoms with Crippen molar-refractivity contribution in [3.8, 4) is 0 Å². The fourth-order valence-electron chi connectivity index (χ4n) is 3.25. The minimum absolute atomic E-state index is 0. The number of hydrogen-bond acceptors (Lipinski definition) is 3. The summed E-state index contributed by atoms with van der Waals surface area (Å²) in [4.78, 5) is 9.20. The van der Waals surface area contributed by atoms with Gasteiger partial charge < -0.3 is 15.5 Å². The van der Waals surface area contributed by atoms with Gasteiger partial charge in [0.05, 0.1) is 0 Å². The first-order valence-electron chi connectivity index (χ1n) is 9.80. The number of piperazine rings is 1. The van der Waals surface area contributed by atoms with Crippen LogP contribution in [0.5, 0.6) is 0 Å². The Hall–Kier alpha value is -1.35. The van der Waals surface area contributed by atoms with E-state index in [2.05, 4.69) is 56.7 Å². The van der Waals surface area contributed by atoms with Gasteiger partial charge in [0.25, 0.3) is 0 Å². The molecule has 0 atom stereocenters. The smallest absolute Gasteiger partial charge is 0.191 e. The number of rotatable bonds is 6. The summed E-state index contributed by atoms with van der Waals surface area (Å²) in [5.41, 5.74) is 3.66. The van der Waals surface area contributed by atoms with Crippen molar-refractivity contribution in [3.05, 3.63) is 70.2 Å². The first-order chi connectivity index (χ1) is 13.6. The lowest BCUT2D eigenvalue weighted by molar-refractivity contribution is 0.148. The van der Waals surface area contributed by atoms with Crippen molar-refractivity contribution >= 4 is 41.5 Å². The van der Waals surface area contributed by atoms with E-state index in [0.29, 0.717) is 6.54 Å². The summed E-state index contributed by atoms with van der Waals surface area (Å²) in [6.45, 7) is 7.01. The van der Waals surface area contributed by atoms with Crippen LogP contribution in [0.1, 0.15) is 16.7 Å². The molecule has 0 spiro atoms. The fraction of sp³-hybridized carbons (Fsp3) is 0.409. The molecule has 0 amide bonds. The van der Waals surface area contributed by atoms with Crippen LogP contribution in [0, 0.1) is 0 Å². The third-order valence-electron chi connectivity index (χ3n) is 5.11. The Kier molecular flexibility index (Phi) is 10.2. The van der Waals surface area contributed by atoms with Gasteiger partial charge in [0, 0.05) is 57.9 Å². The van der Waals surface area contributed by atoms with Gasteiger partial charge in [-0.3, -0.25) is 9.89 Å². The fourth-order valence-corrected chi connectivity index (χ4v) is 3.46. The van der Waals surface area contributed by atoms with E-state index < -0.39 is 0 Å². The topological polar surface area (TPSA) is 42.9 Å². The summed E-state index contributed by atoms with van der Waals surface area (Å²) in [6, 6.07) is 16.7. The van der Waals surface area contributed by atoms with E-state index in [1.807, 2.05) is 24.3 Å². The Balaban J connectivity index is 0.00000300. The standard InChI is InChI=1S/C22H30ClN5.HI/c1-24-22(26-16-20-5-3-4-6-21(20)23)25-15-18-7-9-19(10-8-18)17-28-13-11-27(2)12-14-28;/h3-10H,11-17H2,1-2H3,(H2,24,25,26);1H. The predicted molar refractivity (Wildman–Crippen MR) is 133 cm³/mol. The van der Waals surface area contributed by atoms with Gasteiger partial charge in [-0.15, -0.1) is 24.0 Å². The van der Waals surface area contributed by atoms with Crippen LogP contribution in [-0.4, -0.2) is 56.0 Å². The van der Waals surface area contributed by atoms with Crippen molar-refractivity contribution < 1.29 is 0 Å². The molecule has 0 aromatic heterocycles. The Bertz CT molecular complexity index is 773. The average molecular weight is 528 g/mol. The number of aliphatic imine (C=N–C) groups is 1. The van der Waals surface area contributed by atoms with Crippen LogP contribution >= 0.6 is 35.6 Å². The molecule has 0 radical (unpaired) electrons. The molecule has 0 bridgehead atoms. The van der Waals surface area contributed by atoms with Gasteiger partial charge in [0.2, 0.25) is 0 Å². The van der Waals surface area contributed by atoms with Gasteiger partial charge in [0.15, 0.2) is 5.96 Å².